The van der Waals surface area contributed by atoms with Crippen LogP contribution < -0.4 is 11.3 Å². The molecule has 1 aliphatic rings. The van der Waals surface area contributed by atoms with E-state index >= 15 is 0 Å². The summed E-state index contributed by atoms with van der Waals surface area (Å²) in [5.74, 6) is 4.95. The van der Waals surface area contributed by atoms with E-state index in [9.17, 15) is 4.79 Å². The molecule has 3 N–H and O–H groups in total. The Hall–Kier alpha value is -0.950. The molecule has 1 aromatic heterocycles. The number of ether oxygens (including phenoxy) is 1. The minimum Gasteiger partial charge on any atom is -0.378 e. The van der Waals surface area contributed by atoms with Gasteiger partial charge in [0.1, 0.15) is 0 Å². The molecule has 0 atom stereocenters. The number of thiophene rings is 1. The molecule has 1 fully saturated rings. The van der Waals surface area contributed by atoms with Gasteiger partial charge in [-0.15, -0.1) is 11.3 Å². The highest BCUT2D eigenvalue weighted by Crippen LogP contribution is 2.27. The van der Waals surface area contributed by atoms with E-state index in [0.29, 0.717) is 4.88 Å². The summed E-state index contributed by atoms with van der Waals surface area (Å²) in [7, 11) is 0. The van der Waals surface area contributed by atoms with E-state index in [1.54, 1.807) is 0 Å². The minimum absolute atomic E-state index is 0.0307. The fourth-order valence-electron chi connectivity index (χ4n) is 2.25. The van der Waals surface area contributed by atoms with Gasteiger partial charge in [0.25, 0.3) is 5.91 Å². The lowest BCUT2D eigenvalue weighted by atomic mass is 10.0. The Labute approximate surface area is 117 Å². The lowest BCUT2D eigenvalue weighted by Gasteiger charge is -2.42. The van der Waals surface area contributed by atoms with Crippen molar-refractivity contribution in [2.45, 2.75) is 32.9 Å². The first kappa shape index (κ1) is 14.5. The number of hydrogen-bond donors (Lipinski definition) is 2. The number of amides is 1. The van der Waals surface area contributed by atoms with Gasteiger partial charge in [-0.25, -0.2) is 5.84 Å². The summed E-state index contributed by atoms with van der Waals surface area (Å²) in [6, 6.07) is 1.94. The second kappa shape index (κ2) is 5.58. The molecule has 1 aromatic rings. The first-order valence-corrected chi connectivity index (χ1v) is 7.19. The summed E-state index contributed by atoms with van der Waals surface area (Å²) in [6.45, 7) is 9.68. The molecular formula is C13H21N3O2S. The number of rotatable bonds is 3. The molecule has 1 amide bonds. The third kappa shape index (κ3) is 3.14. The van der Waals surface area contributed by atoms with Gasteiger partial charge in [-0.2, -0.15) is 0 Å². The second-order valence-electron chi connectivity index (χ2n) is 5.45. The van der Waals surface area contributed by atoms with E-state index in [0.717, 1.165) is 26.3 Å². The molecule has 5 nitrogen and oxygen atoms in total. The van der Waals surface area contributed by atoms with Crippen LogP contribution in [0.15, 0.2) is 6.07 Å². The van der Waals surface area contributed by atoms with Crippen molar-refractivity contribution in [2.75, 3.05) is 19.8 Å². The number of hydrazine groups is 1. The molecule has 1 aliphatic heterocycles. The van der Waals surface area contributed by atoms with E-state index in [4.69, 9.17) is 10.6 Å². The highest BCUT2D eigenvalue weighted by Gasteiger charge is 2.31. The van der Waals surface area contributed by atoms with E-state index < -0.39 is 0 Å². The van der Waals surface area contributed by atoms with Crippen LogP contribution in [0.25, 0.3) is 0 Å². The number of aryl methyl sites for hydroxylation is 1. The summed E-state index contributed by atoms with van der Waals surface area (Å²) >= 11 is 1.49. The van der Waals surface area contributed by atoms with Crippen molar-refractivity contribution in [3.05, 3.63) is 21.4 Å². The smallest absolute Gasteiger partial charge is 0.275 e. The van der Waals surface area contributed by atoms with Crippen molar-refractivity contribution in [3.8, 4) is 0 Å². The molecule has 106 valence electrons. The monoisotopic (exact) mass is 283 g/mol. The van der Waals surface area contributed by atoms with Crippen molar-refractivity contribution in [1.82, 2.24) is 10.3 Å². The van der Waals surface area contributed by atoms with Gasteiger partial charge >= 0.3 is 0 Å². The Kier molecular flexibility index (Phi) is 4.25. The Bertz CT molecular complexity index is 470. The lowest BCUT2D eigenvalue weighted by Crippen LogP contribution is -2.52. The normalized spacial score (nSPS) is 19.4. The number of nitrogens with two attached hydrogens (primary N) is 1. The summed E-state index contributed by atoms with van der Waals surface area (Å²) < 4.78 is 5.52. The zero-order chi connectivity index (χ0) is 14.0. The van der Waals surface area contributed by atoms with Crippen LogP contribution in [0.4, 0.5) is 0 Å². The third-order valence-corrected chi connectivity index (χ3v) is 4.65. The number of carbonyl (C=O) groups excluding carboxylic acids is 1. The molecule has 1 saturated heterocycles. The van der Waals surface area contributed by atoms with Gasteiger partial charge in [0.05, 0.1) is 18.1 Å². The molecule has 0 aliphatic carbocycles. The van der Waals surface area contributed by atoms with Gasteiger partial charge in [0, 0.05) is 23.5 Å². The Balaban J connectivity index is 2.14. The van der Waals surface area contributed by atoms with Crippen LogP contribution in [0.2, 0.25) is 0 Å². The van der Waals surface area contributed by atoms with Gasteiger partial charge in [-0.05, 0) is 32.4 Å². The largest absolute Gasteiger partial charge is 0.378 e. The van der Waals surface area contributed by atoms with E-state index in [1.807, 2.05) is 13.0 Å². The zero-order valence-corrected chi connectivity index (χ0v) is 12.5. The fraction of sp³-hybridized carbons (Fsp3) is 0.615. The van der Waals surface area contributed by atoms with Crippen molar-refractivity contribution in [1.29, 1.82) is 0 Å². The number of nitrogens with one attached hydrogen (secondary N) is 1. The molecular weight excluding hydrogens is 262 g/mol. The molecule has 0 radical (unpaired) electrons. The van der Waals surface area contributed by atoms with Crippen LogP contribution in [-0.4, -0.2) is 36.1 Å². The highest BCUT2D eigenvalue weighted by molar-refractivity contribution is 7.14. The van der Waals surface area contributed by atoms with Crippen molar-refractivity contribution >= 4 is 17.2 Å². The summed E-state index contributed by atoms with van der Waals surface area (Å²) in [4.78, 5) is 15.8. The quantitative estimate of drug-likeness (QED) is 0.498. The van der Waals surface area contributed by atoms with Crippen LogP contribution in [0.5, 0.6) is 0 Å². The maximum Gasteiger partial charge on any atom is 0.275 e. The number of nitrogens with zero attached hydrogens (tertiary/aromatic N) is 1. The van der Waals surface area contributed by atoms with Gasteiger partial charge < -0.3 is 4.74 Å². The molecule has 2 rings (SSSR count). The summed E-state index contributed by atoms with van der Waals surface area (Å²) in [5, 5.41) is 0. The number of nitrogen functional groups attached to an aromatic ring is 1. The van der Waals surface area contributed by atoms with Crippen molar-refractivity contribution in [3.63, 3.8) is 0 Å². The molecule has 19 heavy (non-hydrogen) atoms. The molecule has 0 aromatic carbocycles. The Morgan fingerprint density at radius 3 is 3.00 bits per heavy atom. The standard InChI is InChI=1S/C13H21N3O2S/c1-9-10(6-11(19-9)12(17)15-14)7-16-4-5-18-8-13(16,2)3/h6H,4-5,7-8,14H2,1-3H3,(H,15,17). The van der Waals surface area contributed by atoms with Gasteiger partial charge in [-0.3, -0.25) is 15.1 Å². The third-order valence-electron chi connectivity index (χ3n) is 3.55. The van der Waals surface area contributed by atoms with Crippen LogP contribution >= 0.6 is 11.3 Å². The SMILES string of the molecule is Cc1sc(C(=O)NN)cc1CN1CCOCC1(C)C. The number of hydrogen-bond acceptors (Lipinski definition) is 5. The lowest BCUT2D eigenvalue weighted by molar-refractivity contribution is -0.0552. The maximum absolute atomic E-state index is 11.5. The molecule has 2 heterocycles. The predicted molar refractivity (Wildman–Crippen MR) is 76.0 cm³/mol. The van der Waals surface area contributed by atoms with Gasteiger partial charge in [-0.1, -0.05) is 0 Å². The molecule has 0 bridgehead atoms. The van der Waals surface area contributed by atoms with E-state index in [2.05, 4.69) is 24.2 Å². The average molecular weight is 283 g/mol. The van der Waals surface area contributed by atoms with Crippen LogP contribution in [-0.2, 0) is 11.3 Å². The highest BCUT2D eigenvalue weighted by atomic mass is 32.1. The molecule has 0 spiro atoms. The maximum atomic E-state index is 11.5. The number of morpholine rings is 1. The van der Waals surface area contributed by atoms with Crippen molar-refractivity contribution < 1.29 is 9.53 Å². The van der Waals surface area contributed by atoms with Gasteiger partial charge in [0.2, 0.25) is 0 Å². The fourth-order valence-corrected chi connectivity index (χ4v) is 3.19. The zero-order valence-electron chi connectivity index (χ0n) is 11.7. The van der Waals surface area contributed by atoms with E-state index in [1.165, 1.54) is 21.8 Å². The molecule has 0 unspecified atom stereocenters. The first-order valence-electron chi connectivity index (χ1n) is 6.37. The molecule has 0 saturated carbocycles. The number of carbonyl (C=O) groups is 1. The minimum atomic E-state index is -0.222. The molecule has 6 heteroatoms. The van der Waals surface area contributed by atoms with Crippen molar-refractivity contribution in [2.24, 2.45) is 5.84 Å². The van der Waals surface area contributed by atoms with Gasteiger partial charge in [0.15, 0.2) is 0 Å². The Morgan fingerprint density at radius 2 is 2.37 bits per heavy atom. The van der Waals surface area contributed by atoms with Crippen LogP contribution in [0, 0.1) is 6.92 Å². The predicted octanol–water partition coefficient (Wildman–Crippen LogP) is 1.27. The first-order chi connectivity index (χ1) is 8.94. The summed E-state index contributed by atoms with van der Waals surface area (Å²) in [6.07, 6.45) is 0. The average Bonchev–Trinajstić information content (AvgIpc) is 2.72. The summed E-state index contributed by atoms with van der Waals surface area (Å²) in [5.41, 5.74) is 3.40. The second-order valence-corrected chi connectivity index (χ2v) is 6.71. The van der Waals surface area contributed by atoms with E-state index in [-0.39, 0.29) is 11.4 Å². The van der Waals surface area contributed by atoms with Crippen LogP contribution in [0.3, 0.4) is 0 Å². The van der Waals surface area contributed by atoms with Crippen LogP contribution in [0.1, 0.15) is 34.0 Å². The Morgan fingerprint density at radius 1 is 1.63 bits per heavy atom. The topological polar surface area (TPSA) is 67.6 Å².